The Bertz CT molecular complexity index is 588. The van der Waals surface area contributed by atoms with Crippen molar-refractivity contribution in [2.45, 2.75) is 58.2 Å². The lowest BCUT2D eigenvalue weighted by Gasteiger charge is -2.46. The minimum absolute atomic E-state index is 0.117. The van der Waals surface area contributed by atoms with E-state index in [1.807, 2.05) is 4.90 Å². The maximum absolute atomic E-state index is 12.2. The van der Waals surface area contributed by atoms with E-state index >= 15 is 0 Å². The second-order valence-electron chi connectivity index (χ2n) is 7.40. The number of hydrogen-bond acceptors (Lipinski definition) is 4. The van der Waals surface area contributed by atoms with Gasteiger partial charge in [-0.15, -0.1) is 10.2 Å². The highest BCUT2D eigenvalue weighted by Gasteiger charge is 2.37. The average Bonchev–Trinajstić information content (AvgIpc) is 3.20. The third-order valence-electron chi connectivity index (χ3n) is 5.86. The van der Waals surface area contributed by atoms with Gasteiger partial charge in [0, 0.05) is 45.2 Å². The number of amides is 2. The van der Waals surface area contributed by atoms with E-state index in [0.717, 1.165) is 57.3 Å². The SMILES string of the molecule is CCc1nnc2n1CCN(C1CN(C(=O)NCC3CCCC3)C1)C2. The van der Waals surface area contributed by atoms with E-state index in [-0.39, 0.29) is 6.03 Å². The first-order chi connectivity index (χ1) is 11.7. The molecule has 7 heteroatoms. The number of aryl methyl sites for hydroxylation is 1. The molecule has 0 aromatic carbocycles. The van der Waals surface area contributed by atoms with Crippen LogP contribution in [0, 0.1) is 5.92 Å². The van der Waals surface area contributed by atoms with Crippen molar-refractivity contribution in [2.24, 2.45) is 5.92 Å². The summed E-state index contributed by atoms with van der Waals surface area (Å²) in [5, 5.41) is 11.7. The number of carbonyl (C=O) groups excluding carboxylic acids is 1. The zero-order valence-electron chi connectivity index (χ0n) is 14.6. The number of fused-ring (bicyclic) bond motifs is 1. The van der Waals surface area contributed by atoms with Gasteiger partial charge in [0.2, 0.25) is 0 Å². The van der Waals surface area contributed by atoms with E-state index in [0.29, 0.717) is 12.0 Å². The summed E-state index contributed by atoms with van der Waals surface area (Å²) in [7, 11) is 0. The fourth-order valence-electron chi connectivity index (χ4n) is 4.22. The van der Waals surface area contributed by atoms with Gasteiger partial charge in [0.15, 0.2) is 0 Å². The lowest BCUT2D eigenvalue weighted by Crippen LogP contribution is -2.63. The minimum Gasteiger partial charge on any atom is -0.338 e. The van der Waals surface area contributed by atoms with Crippen LogP contribution in [0.2, 0.25) is 0 Å². The largest absolute Gasteiger partial charge is 0.338 e. The lowest BCUT2D eigenvalue weighted by molar-refractivity contribution is 0.0386. The van der Waals surface area contributed by atoms with Crippen LogP contribution in [0.15, 0.2) is 0 Å². The Balaban J connectivity index is 1.23. The van der Waals surface area contributed by atoms with E-state index in [1.54, 1.807) is 0 Å². The Kier molecular flexibility index (Phi) is 4.43. The van der Waals surface area contributed by atoms with Gasteiger partial charge in [-0.3, -0.25) is 4.90 Å². The molecule has 7 nitrogen and oxygen atoms in total. The molecule has 1 aromatic heterocycles. The molecule has 4 rings (SSSR count). The van der Waals surface area contributed by atoms with Gasteiger partial charge < -0.3 is 14.8 Å². The number of urea groups is 1. The zero-order valence-corrected chi connectivity index (χ0v) is 14.6. The number of nitrogens with zero attached hydrogens (tertiary/aromatic N) is 5. The van der Waals surface area contributed by atoms with E-state index in [9.17, 15) is 4.79 Å². The second kappa shape index (κ2) is 6.70. The summed E-state index contributed by atoms with van der Waals surface area (Å²) >= 11 is 0. The molecule has 132 valence electrons. The molecule has 1 saturated heterocycles. The molecule has 1 aliphatic carbocycles. The number of likely N-dealkylation sites (tertiary alicyclic amines) is 1. The van der Waals surface area contributed by atoms with Gasteiger partial charge >= 0.3 is 6.03 Å². The van der Waals surface area contributed by atoms with Crippen molar-refractivity contribution in [1.82, 2.24) is 29.9 Å². The Morgan fingerprint density at radius 2 is 2.00 bits per heavy atom. The molecule has 2 aliphatic heterocycles. The highest BCUT2D eigenvalue weighted by Crippen LogP contribution is 2.24. The molecule has 1 N–H and O–H groups in total. The topological polar surface area (TPSA) is 66.3 Å². The average molecular weight is 332 g/mol. The summed E-state index contributed by atoms with van der Waals surface area (Å²) in [4.78, 5) is 16.6. The van der Waals surface area contributed by atoms with Crippen LogP contribution < -0.4 is 5.32 Å². The van der Waals surface area contributed by atoms with Crippen LogP contribution in [-0.2, 0) is 19.5 Å². The molecule has 3 heterocycles. The molecule has 0 radical (unpaired) electrons. The molecule has 0 atom stereocenters. The normalized spacial score (nSPS) is 22.5. The first kappa shape index (κ1) is 15.9. The van der Waals surface area contributed by atoms with Crippen LogP contribution in [0.25, 0.3) is 0 Å². The van der Waals surface area contributed by atoms with Gasteiger partial charge in [0.05, 0.1) is 6.54 Å². The molecular formula is C17H28N6O. The predicted octanol–water partition coefficient (Wildman–Crippen LogP) is 1.24. The predicted molar refractivity (Wildman–Crippen MR) is 90.5 cm³/mol. The molecule has 1 aromatic rings. The third kappa shape index (κ3) is 3.01. The molecule has 0 bridgehead atoms. The van der Waals surface area contributed by atoms with Crippen molar-refractivity contribution in [3.8, 4) is 0 Å². The monoisotopic (exact) mass is 332 g/mol. The van der Waals surface area contributed by atoms with Gasteiger partial charge in [-0.2, -0.15) is 0 Å². The van der Waals surface area contributed by atoms with Crippen LogP contribution >= 0.6 is 0 Å². The highest BCUT2D eigenvalue weighted by molar-refractivity contribution is 5.75. The van der Waals surface area contributed by atoms with Gasteiger partial charge in [-0.1, -0.05) is 19.8 Å². The van der Waals surface area contributed by atoms with Crippen molar-refractivity contribution in [3.63, 3.8) is 0 Å². The van der Waals surface area contributed by atoms with Crippen molar-refractivity contribution in [3.05, 3.63) is 11.6 Å². The summed E-state index contributed by atoms with van der Waals surface area (Å²) in [5.41, 5.74) is 0. The summed E-state index contributed by atoms with van der Waals surface area (Å²) in [6.45, 7) is 7.51. The highest BCUT2D eigenvalue weighted by atomic mass is 16.2. The summed E-state index contributed by atoms with van der Waals surface area (Å²) in [6.07, 6.45) is 6.14. The number of rotatable bonds is 4. The number of hydrogen-bond donors (Lipinski definition) is 1. The van der Waals surface area contributed by atoms with E-state index < -0.39 is 0 Å². The van der Waals surface area contributed by atoms with Gasteiger partial charge in [0.25, 0.3) is 0 Å². The summed E-state index contributed by atoms with van der Waals surface area (Å²) in [6, 6.07) is 0.587. The molecule has 24 heavy (non-hydrogen) atoms. The maximum atomic E-state index is 12.2. The Hall–Kier alpha value is -1.63. The van der Waals surface area contributed by atoms with E-state index in [4.69, 9.17) is 0 Å². The van der Waals surface area contributed by atoms with Gasteiger partial charge in [0.1, 0.15) is 11.6 Å². The van der Waals surface area contributed by atoms with Crippen molar-refractivity contribution < 1.29 is 4.79 Å². The minimum atomic E-state index is 0.117. The molecular weight excluding hydrogens is 304 g/mol. The van der Waals surface area contributed by atoms with Gasteiger partial charge in [-0.05, 0) is 18.8 Å². The van der Waals surface area contributed by atoms with Crippen LogP contribution in [-0.4, -0.2) is 62.8 Å². The molecule has 2 fully saturated rings. The second-order valence-corrected chi connectivity index (χ2v) is 7.40. The molecule has 0 unspecified atom stereocenters. The number of aromatic nitrogens is 3. The van der Waals surface area contributed by atoms with Gasteiger partial charge in [-0.25, -0.2) is 4.79 Å². The molecule has 3 aliphatic rings. The summed E-state index contributed by atoms with van der Waals surface area (Å²) in [5.74, 6) is 2.86. The number of nitrogens with one attached hydrogen (secondary N) is 1. The smallest absolute Gasteiger partial charge is 0.317 e. The van der Waals surface area contributed by atoms with Crippen molar-refractivity contribution in [1.29, 1.82) is 0 Å². The molecule has 1 saturated carbocycles. The van der Waals surface area contributed by atoms with E-state index in [2.05, 4.69) is 31.9 Å². The third-order valence-corrected chi connectivity index (χ3v) is 5.86. The Morgan fingerprint density at radius 1 is 1.21 bits per heavy atom. The van der Waals surface area contributed by atoms with E-state index in [1.165, 1.54) is 25.7 Å². The zero-order chi connectivity index (χ0) is 16.5. The molecule has 2 amide bonds. The van der Waals surface area contributed by atoms with Crippen molar-refractivity contribution in [2.75, 3.05) is 26.2 Å². The number of carbonyl (C=O) groups is 1. The fraction of sp³-hybridized carbons (Fsp3) is 0.824. The fourth-order valence-corrected chi connectivity index (χ4v) is 4.22. The van der Waals surface area contributed by atoms with Crippen LogP contribution in [0.1, 0.15) is 44.3 Å². The Labute approximate surface area is 143 Å². The maximum Gasteiger partial charge on any atom is 0.317 e. The summed E-state index contributed by atoms with van der Waals surface area (Å²) < 4.78 is 2.25. The van der Waals surface area contributed by atoms with Crippen LogP contribution in [0.3, 0.4) is 0 Å². The van der Waals surface area contributed by atoms with Crippen molar-refractivity contribution >= 4 is 6.03 Å². The van der Waals surface area contributed by atoms with Crippen LogP contribution in [0.5, 0.6) is 0 Å². The first-order valence-electron chi connectivity index (χ1n) is 9.42. The van der Waals surface area contributed by atoms with Crippen LogP contribution in [0.4, 0.5) is 4.79 Å². The molecule has 0 spiro atoms. The lowest BCUT2D eigenvalue weighted by atomic mass is 10.1. The quantitative estimate of drug-likeness (QED) is 0.901. The standard InChI is InChI=1S/C17H28N6O/c1-2-15-19-20-16-12-21(7-8-23(15)16)14-10-22(11-14)17(24)18-9-13-5-3-4-6-13/h13-14H,2-12H2,1H3,(H,18,24). The Morgan fingerprint density at radius 3 is 2.75 bits per heavy atom. The first-order valence-corrected chi connectivity index (χ1v) is 9.42.